The molecule has 1 aromatic rings. The molecule has 4 heteroatoms. The van der Waals surface area contributed by atoms with Crippen molar-refractivity contribution in [3.05, 3.63) is 35.7 Å². The molecule has 0 saturated carbocycles. The van der Waals surface area contributed by atoms with Gasteiger partial charge in [-0.05, 0) is 18.2 Å². The maximum absolute atomic E-state index is 11.0. The summed E-state index contributed by atoms with van der Waals surface area (Å²) in [6.07, 6.45) is 3.39. The maximum atomic E-state index is 11.0. The van der Waals surface area contributed by atoms with Gasteiger partial charge in [-0.1, -0.05) is 6.07 Å². The van der Waals surface area contributed by atoms with Crippen molar-refractivity contribution in [1.82, 2.24) is 4.98 Å². The predicted molar refractivity (Wildman–Crippen MR) is 50.3 cm³/mol. The highest BCUT2D eigenvalue weighted by Crippen LogP contribution is 2.02. The van der Waals surface area contributed by atoms with E-state index >= 15 is 0 Å². The van der Waals surface area contributed by atoms with E-state index in [0.717, 1.165) is 0 Å². The second-order valence-electron chi connectivity index (χ2n) is 2.46. The molecule has 0 aliphatic carbocycles. The van der Waals surface area contributed by atoms with Crippen LogP contribution >= 0.6 is 0 Å². The van der Waals surface area contributed by atoms with E-state index in [-0.39, 0.29) is 5.57 Å². The summed E-state index contributed by atoms with van der Waals surface area (Å²) in [6.45, 7) is 0. The van der Waals surface area contributed by atoms with Gasteiger partial charge >= 0.3 is 5.97 Å². The van der Waals surface area contributed by atoms with E-state index < -0.39 is 5.97 Å². The molecule has 1 rings (SSSR count). The van der Waals surface area contributed by atoms with Crippen molar-refractivity contribution in [2.75, 3.05) is 7.11 Å². The molecule has 0 bridgehead atoms. The average molecular weight is 191 g/mol. The van der Waals surface area contributed by atoms with E-state index in [1.807, 2.05) is 0 Å². The molecule has 0 N–H and O–H groups in total. The Bertz CT molecular complexity index is 357. The number of esters is 1. The molecule has 1 heterocycles. The molecule has 0 amide bonds. The molecular formula is C10H9NO3. The van der Waals surface area contributed by atoms with Crippen LogP contribution in [0.1, 0.15) is 5.69 Å². The molecule has 0 unspecified atom stereocenters. The van der Waals surface area contributed by atoms with E-state index in [9.17, 15) is 9.59 Å². The normalized spacial score (nSPS) is 10.8. The van der Waals surface area contributed by atoms with Crippen LogP contribution < -0.4 is 0 Å². The van der Waals surface area contributed by atoms with Crippen molar-refractivity contribution >= 4 is 18.3 Å². The van der Waals surface area contributed by atoms with Crippen LogP contribution in [0.4, 0.5) is 0 Å². The zero-order chi connectivity index (χ0) is 10.4. The predicted octanol–water partition coefficient (Wildman–Crippen LogP) is 0.837. The van der Waals surface area contributed by atoms with Crippen molar-refractivity contribution in [2.24, 2.45) is 0 Å². The fraction of sp³-hybridized carbons (Fsp3) is 0.100. The van der Waals surface area contributed by atoms with Gasteiger partial charge in [-0.2, -0.15) is 0 Å². The highest BCUT2D eigenvalue weighted by molar-refractivity contribution is 6.11. The Labute approximate surface area is 81.2 Å². The number of carbonyl (C=O) groups is 2. The molecule has 14 heavy (non-hydrogen) atoms. The largest absolute Gasteiger partial charge is 0.465 e. The lowest BCUT2D eigenvalue weighted by Gasteiger charge is -1.96. The van der Waals surface area contributed by atoms with Gasteiger partial charge in [-0.3, -0.25) is 9.78 Å². The number of rotatable bonds is 3. The number of ether oxygens (including phenoxy) is 1. The molecule has 1 aromatic heterocycles. The van der Waals surface area contributed by atoms with Gasteiger partial charge in [0, 0.05) is 6.20 Å². The standard InChI is InChI=1S/C10H9NO3/c1-14-10(13)8(7-12)6-9-4-2-3-5-11-9/h2-7H,1H3. The fourth-order valence-electron chi connectivity index (χ4n) is 0.880. The van der Waals surface area contributed by atoms with Crippen molar-refractivity contribution in [3.8, 4) is 0 Å². The van der Waals surface area contributed by atoms with E-state index in [1.54, 1.807) is 24.4 Å². The minimum Gasteiger partial charge on any atom is -0.465 e. The number of pyridine rings is 1. The molecule has 4 nitrogen and oxygen atoms in total. The molecule has 0 aliphatic heterocycles. The monoisotopic (exact) mass is 191 g/mol. The second-order valence-corrected chi connectivity index (χ2v) is 2.46. The third-order valence-corrected chi connectivity index (χ3v) is 1.54. The van der Waals surface area contributed by atoms with Crippen LogP contribution in [0.25, 0.3) is 6.08 Å². The summed E-state index contributed by atoms with van der Waals surface area (Å²) in [5.74, 6) is -0.661. The summed E-state index contributed by atoms with van der Waals surface area (Å²) in [5.41, 5.74) is 0.492. The average Bonchev–Trinajstić information content (AvgIpc) is 2.26. The molecule has 0 saturated heterocycles. The van der Waals surface area contributed by atoms with Gasteiger partial charge in [-0.25, -0.2) is 4.79 Å². The third-order valence-electron chi connectivity index (χ3n) is 1.54. The number of aromatic nitrogens is 1. The van der Waals surface area contributed by atoms with Crippen LogP contribution in [-0.2, 0) is 14.3 Å². The lowest BCUT2D eigenvalue weighted by atomic mass is 10.2. The van der Waals surface area contributed by atoms with E-state index in [4.69, 9.17) is 0 Å². The molecule has 0 atom stereocenters. The summed E-state index contributed by atoms with van der Waals surface area (Å²) in [4.78, 5) is 25.5. The Morgan fingerprint density at radius 3 is 2.79 bits per heavy atom. The highest BCUT2D eigenvalue weighted by atomic mass is 16.5. The Hall–Kier alpha value is -1.97. The van der Waals surface area contributed by atoms with Crippen LogP contribution in [0, 0.1) is 0 Å². The molecule has 0 radical (unpaired) electrons. The van der Waals surface area contributed by atoms with Crippen LogP contribution in [-0.4, -0.2) is 24.3 Å². The van der Waals surface area contributed by atoms with E-state index in [2.05, 4.69) is 9.72 Å². The minimum absolute atomic E-state index is 0.0498. The van der Waals surface area contributed by atoms with Crippen molar-refractivity contribution < 1.29 is 14.3 Å². The number of nitrogens with zero attached hydrogens (tertiary/aromatic N) is 1. The lowest BCUT2D eigenvalue weighted by Crippen LogP contribution is -2.05. The van der Waals surface area contributed by atoms with Crippen molar-refractivity contribution in [2.45, 2.75) is 0 Å². The zero-order valence-electron chi connectivity index (χ0n) is 7.64. The zero-order valence-corrected chi connectivity index (χ0v) is 7.64. The minimum atomic E-state index is -0.661. The Balaban J connectivity index is 2.95. The van der Waals surface area contributed by atoms with Gasteiger partial charge < -0.3 is 4.74 Å². The van der Waals surface area contributed by atoms with E-state index in [0.29, 0.717) is 12.0 Å². The first-order chi connectivity index (χ1) is 6.77. The number of hydrogen-bond donors (Lipinski definition) is 0. The number of hydrogen-bond acceptors (Lipinski definition) is 4. The quantitative estimate of drug-likeness (QED) is 0.233. The second kappa shape index (κ2) is 4.91. The molecule has 0 fully saturated rings. The topological polar surface area (TPSA) is 56.3 Å². The lowest BCUT2D eigenvalue weighted by molar-refractivity contribution is -0.136. The smallest absolute Gasteiger partial charge is 0.341 e. The first kappa shape index (κ1) is 10.1. The van der Waals surface area contributed by atoms with Gasteiger partial charge in [0.15, 0.2) is 6.29 Å². The van der Waals surface area contributed by atoms with Gasteiger partial charge in [-0.15, -0.1) is 0 Å². The maximum Gasteiger partial charge on any atom is 0.341 e. The highest BCUT2D eigenvalue weighted by Gasteiger charge is 2.07. The first-order valence-electron chi connectivity index (χ1n) is 3.94. The Kier molecular flexibility index (Phi) is 3.55. The fourth-order valence-corrected chi connectivity index (χ4v) is 0.880. The first-order valence-corrected chi connectivity index (χ1v) is 3.94. The summed E-state index contributed by atoms with van der Waals surface area (Å²) in [5, 5.41) is 0. The summed E-state index contributed by atoms with van der Waals surface area (Å²) in [6, 6.07) is 5.20. The summed E-state index contributed by atoms with van der Waals surface area (Å²) in [7, 11) is 1.22. The van der Waals surface area contributed by atoms with Crippen molar-refractivity contribution in [1.29, 1.82) is 0 Å². The van der Waals surface area contributed by atoms with Gasteiger partial charge in [0.25, 0.3) is 0 Å². The van der Waals surface area contributed by atoms with Gasteiger partial charge in [0.05, 0.1) is 12.8 Å². The number of methoxy groups -OCH3 is 1. The van der Waals surface area contributed by atoms with Crippen LogP contribution in [0.15, 0.2) is 30.0 Å². The third kappa shape index (κ3) is 2.52. The van der Waals surface area contributed by atoms with E-state index in [1.165, 1.54) is 13.2 Å². The van der Waals surface area contributed by atoms with Gasteiger partial charge in [0.1, 0.15) is 5.57 Å². The Morgan fingerprint density at radius 1 is 1.50 bits per heavy atom. The van der Waals surface area contributed by atoms with Gasteiger partial charge in [0.2, 0.25) is 0 Å². The SMILES string of the molecule is COC(=O)C(C=O)=Cc1ccccn1. The summed E-state index contributed by atoms with van der Waals surface area (Å²) >= 11 is 0. The van der Waals surface area contributed by atoms with Crippen LogP contribution in [0.2, 0.25) is 0 Å². The molecule has 72 valence electrons. The molecule has 0 aliphatic rings. The summed E-state index contributed by atoms with van der Waals surface area (Å²) < 4.78 is 4.41. The van der Waals surface area contributed by atoms with Crippen molar-refractivity contribution in [3.63, 3.8) is 0 Å². The Morgan fingerprint density at radius 2 is 2.29 bits per heavy atom. The van der Waals surface area contributed by atoms with Crippen LogP contribution in [0.5, 0.6) is 0 Å². The van der Waals surface area contributed by atoms with Crippen LogP contribution in [0.3, 0.4) is 0 Å². The molecule has 0 aromatic carbocycles. The molecule has 0 spiro atoms. The molecular weight excluding hydrogens is 182 g/mol. The number of aldehydes is 1. The number of carbonyl (C=O) groups excluding carboxylic acids is 2.